The number of rotatable bonds is 3. The second-order valence-electron chi connectivity index (χ2n) is 5.28. The van der Waals surface area contributed by atoms with E-state index in [1.54, 1.807) is 6.07 Å². The third-order valence-electron chi connectivity index (χ3n) is 3.72. The van der Waals surface area contributed by atoms with E-state index >= 15 is 0 Å². The molecule has 0 bridgehead atoms. The lowest BCUT2D eigenvalue weighted by Crippen LogP contribution is -2.42. The molecule has 1 aromatic carbocycles. The number of carbonyl (C=O) groups excluding carboxylic acids is 1. The van der Waals surface area contributed by atoms with Crippen molar-refractivity contribution < 1.29 is 4.79 Å². The van der Waals surface area contributed by atoms with Crippen molar-refractivity contribution in [1.82, 2.24) is 10.2 Å². The molecular formula is C15H21ClN2O. The molecule has 1 aliphatic rings. The minimum atomic E-state index is 0.0997. The highest BCUT2D eigenvalue weighted by molar-refractivity contribution is 6.31. The highest BCUT2D eigenvalue weighted by atomic mass is 35.5. The Morgan fingerprint density at radius 2 is 2.32 bits per heavy atom. The number of likely N-dealkylation sites (tertiary alicyclic amines) is 1. The van der Waals surface area contributed by atoms with Crippen LogP contribution in [0.5, 0.6) is 0 Å². The summed E-state index contributed by atoms with van der Waals surface area (Å²) in [4.78, 5) is 14.4. The van der Waals surface area contributed by atoms with E-state index in [-0.39, 0.29) is 5.91 Å². The Morgan fingerprint density at radius 3 is 3.00 bits per heavy atom. The summed E-state index contributed by atoms with van der Waals surface area (Å²) in [5.41, 5.74) is 1.70. The van der Waals surface area contributed by atoms with Crippen molar-refractivity contribution in [2.45, 2.75) is 19.8 Å². The van der Waals surface area contributed by atoms with Crippen molar-refractivity contribution in [2.24, 2.45) is 5.92 Å². The third kappa shape index (κ3) is 3.48. The summed E-state index contributed by atoms with van der Waals surface area (Å²) in [6, 6.07) is 5.55. The predicted molar refractivity (Wildman–Crippen MR) is 78.7 cm³/mol. The smallest absolute Gasteiger partial charge is 0.253 e. The van der Waals surface area contributed by atoms with Crippen molar-refractivity contribution in [3.8, 4) is 0 Å². The standard InChI is InChI=1S/C15H21ClN2O/c1-11-5-6-13(8-14(11)16)15(19)18-7-3-4-12(10-18)9-17-2/h5-6,8,12,17H,3-4,7,9-10H2,1-2H3. The summed E-state index contributed by atoms with van der Waals surface area (Å²) < 4.78 is 0. The number of nitrogens with one attached hydrogen (secondary N) is 1. The zero-order valence-corrected chi connectivity index (χ0v) is 12.3. The molecule has 2 rings (SSSR count). The van der Waals surface area contributed by atoms with Crippen LogP contribution < -0.4 is 5.32 Å². The van der Waals surface area contributed by atoms with Gasteiger partial charge in [-0.1, -0.05) is 17.7 Å². The number of piperidine rings is 1. The SMILES string of the molecule is CNCC1CCCN(C(=O)c2ccc(C)c(Cl)c2)C1. The lowest BCUT2D eigenvalue weighted by Gasteiger charge is -2.32. The van der Waals surface area contributed by atoms with Gasteiger partial charge in [-0.3, -0.25) is 4.79 Å². The second kappa shape index (κ2) is 6.40. The molecule has 1 unspecified atom stereocenters. The average Bonchev–Trinajstić information content (AvgIpc) is 2.42. The van der Waals surface area contributed by atoms with Gasteiger partial charge in [-0.05, 0) is 57.0 Å². The van der Waals surface area contributed by atoms with Gasteiger partial charge in [0.15, 0.2) is 0 Å². The Bertz CT molecular complexity index is 459. The Hall–Kier alpha value is -1.06. The van der Waals surface area contributed by atoms with E-state index in [4.69, 9.17) is 11.6 Å². The Labute approximate surface area is 119 Å². The summed E-state index contributed by atoms with van der Waals surface area (Å²) in [5, 5.41) is 3.86. The molecular weight excluding hydrogens is 260 g/mol. The molecule has 0 aromatic heterocycles. The largest absolute Gasteiger partial charge is 0.338 e. The molecule has 0 spiro atoms. The topological polar surface area (TPSA) is 32.3 Å². The highest BCUT2D eigenvalue weighted by Crippen LogP contribution is 2.21. The van der Waals surface area contributed by atoms with Crippen molar-refractivity contribution in [3.05, 3.63) is 34.3 Å². The molecule has 1 amide bonds. The summed E-state index contributed by atoms with van der Waals surface area (Å²) in [5.74, 6) is 0.659. The van der Waals surface area contributed by atoms with E-state index in [2.05, 4.69) is 5.32 Å². The monoisotopic (exact) mass is 280 g/mol. The number of carbonyl (C=O) groups is 1. The molecule has 0 radical (unpaired) electrons. The number of nitrogens with zero attached hydrogens (tertiary/aromatic N) is 1. The Kier molecular flexibility index (Phi) is 4.83. The van der Waals surface area contributed by atoms with Crippen LogP contribution in [-0.2, 0) is 0 Å². The van der Waals surface area contributed by atoms with Crippen LogP contribution in [0.3, 0.4) is 0 Å². The van der Waals surface area contributed by atoms with Crippen LogP contribution in [0.15, 0.2) is 18.2 Å². The van der Waals surface area contributed by atoms with Crippen LogP contribution in [0.1, 0.15) is 28.8 Å². The van der Waals surface area contributed by atoms with Gasteiger partial charge in [0.05, 0.1) is 0 Å². The van der Waals surface area contributed by atoms with Gasteiger partial charge in [-0.2, -0.15) is 0 Å². The van der Waals surface area contributed by atoms with E-state index in [9.17, 15) is 4.79 Å². The van der Waals surface area contributed by atoms with Gasteiger partial charge in [-0.25, -0.2) is 0 Å². The molecule has 0 aliphatic carbocycles. The van der Waals surface area contributed by atoms with Gasteiger partial charge in [0.2, 0.25) is 0 Å². The number of benzene rings is 1. The van der Waals surface area contributed by atoms with Gasteiger partial charge in [0, 0.05) is 23.7 Å². The lowest BCUT2D eigenvalue weighted by molar-refractivity contribution is 0.0674. The van der Waals surface area contributed by atoms with E-state index in [0.717, 1.165) is 31.6 Å². The van der Waals surface area contributed by atoms with E-state index < -0.39 is 0 Å². The van der Waals surface area contributed by atoms with Crippen LogP contribution >= 0.6 is 11.6 Å². The first-order chi connectivity index (χ1) is 9.11. The zero-order chi connectivity index (χ0) is 13.8. The molecule has 1 fully saturated rings. The normalized spacial score (nSPS) is 19.5. The molecule has 0 saturated carbocycles. The second-order valence-corrected chi connectivity index (χ2v) is 5.69. The first-order valence-corrected chi connectivity index (χ1v) is 7.19. The molecule has 1 heterocycles. The molecule has 4 heteroatoms. The quantitative estimate of drug-likeness (QED) is 0.923. The Morgan fingerprint density at radius 1 is 1.53 bits per heavy atom. The van der Waals surface area contributed by atoms with Crippen molar-refractivity contribution in [2.75, 3.05) is 26.7 Å². The van der Waals surface area contributed by atoms with Gasteiger partial charge in [0.1, 0.15) is 0 Å². The van der Waals surface area contributed by atoms with Crippen molar-refractivity contribution in [3.63, 3.8) is 0 Å². The number of amides is 1. The maximum Gasteiger partial charge on any atom is 0.253 e. The first kappa shape index (κ1) is 14.4. The van der Waals surface area contributed by atoms with Gasteiger partial charge in [0.25, 0.3) is 5.91 Å². The van der Waals surface area contributed by atoms with Gasteiger partial charge < -0.3 is 10.2 Å². The van der Waals surface area contributed by atoms with Crippen molar-refractivity contribution >= 4 is 17.5 Å². The van der Waals surface area contributed by atoms with Crippen LogP contribution in [0.2, 0.25) is 5.02 Å². The fraction of sp³-hybridized carbons (Fsp3) is 0.533. The maximum absolute atomic E-state index is 12.5. The van der Waals surface area contributed by atoms with Crippen LogP contribution in [0, 0.1) is 12.8 Å². The maximum atomic E-state index is 12.5. The fourth-order valence-corrected chi connectivity index (χ4v) is 2.79. The fourth-order valence-electron chi connectivity index (χ4n) is 2.61. The minimum Gasteiger partial charge on any atom is -0.338 e. The van der Waals surface area contributed by atoms with E-state index in [1.807, 2.05) is 31.0 Å². The predicted octanol–water partition coefficient (Wildman–Crippen LogP) is 2.72. The Balaban J connectivity index is 2.08. The molecule has 1 aromatic rings. The van der Waals surface area contributed by atoms with Crippen molar-refractivity contribution in [1.29, 1.82) is 0 Å². The van der Waals surface area contributed by atoms with E-state index in [1.165, 1.54) is 6.42 Å². The molecule has 1 saturated heterocycles. The van der Waals surface area contributed by atoms with E-state index in [0.29, 0.717) is 16.5 Å². The first-order valence-electron chi connectivity index (χ1n) is 6.82. The number of halogens is 1. The minimum absolute atomic E-state index is 0.0997. The summed E-state index contributed by atoms with van der Waals surface area (Å²) >= 11 is 6.09. The molecule has 1 atom stereocenters. The van der Waals surface area contributed by atoms with Crippen LogP contribution in [0.25, 0.3) is 0 Å². The summed E-state index contributed by atoms with van der Waals surface area (Å²) in [6.07, 6.45) is 2.27. The van der Waals surface area contributed by atoms with Gasteiger partial charge >= 0.3 is 0 Å². The number of hydrogen-bond donors (Lipinski definition) is 1. The molecule has 1 aliphatic heterocycles. The number of aryl methyl sites for hydroxylation is 1. The molecule has 1 N–H and O–H groups in total. The lowest BCUT2D eigenvalue weighted by atomic mass is 9.97. The molecule has 19 heavy (non-hydrogen) atoms. The highest BCUT2D eigenvalue weighted by Gasteiger charge is 2.24. The van der Waals surface area contributed by atoms with Crippen LogP contribution in [-0.4, -0.2) is 37.5 Å². The third-order valence-corrected chi connectivity index (χ3v) is 4.12. The number of hydrogen-bond acceptors (Lipinski definition) is 2. The van der Waals surface area contributed by atoms with Gasteiger partial charge in [-0.15, -0.1) is 0 Å². The molecule has 104 valence electrons. The summed E-state index contributed by atoms with van der Waals surface area (Å²) in [6.45, 7) is 4.61. The van der Waals surface area contributed by atoms with Crippen LogP contribution in [0.4, 0.5) is 0 Å². The zero-order valence-electron chi connectivity index (χ0n) is 11.6. The average molecular weight is 281 g/mol. The molecule has 3 nitrogen and oxygen atoms in total. The summed E-state index contributed by atoms with van der Waals surface area (Å²) in [7, 11) is 1.96.